The average molecular weight is 478 g/mol. The van der Waals surface area contributed by atoms with E-state index in [1.807, 2.05) is 17.5 Å². The highest BCUT2D eigenvalue weighted by molar-refractivity contribution is 14.1. The van der Waals surface area contributed by atoms with Gasteiger partial charge in [-0.15, -0.1) is 11.3 Å². The van der Waals surface area contributed by atoms with Gasteiger partial charge in [0.2, 0.25) is 0 Å². The van der Waals surface area contributed by atoms with Gasteiger partial charge in [-0.25, -0.2) is 4.98 Å². The minimum atomic E-state index is -0.0241. The summed E-state index contributed by atoms with van der Waals surface area (Å²) in [6.07, 6.45) is 9.16. The number of rotatable bonds is 6. The summed E-state index contributed by atoms with van der Waals surface area (Å²) >= 11 is 3.54. The number of halogens is 1. The van der Waals surface area contributed by atoms with Gasteiger partial charge in [0.15, 0.2) is 4.96 Å². The van der Waals surface area contributed by atoms with Crippen molar-refractivity contribution in [2.24, 2.45) is 5.92 Å². The fourth-order valence-electron chi connectivity index (χ4n) is 2.83. The molecule has 0 aliphatic heterocycles. The molecule has 6 heteroatoms. The monoisotopic (exact) mass is 478 g/mol. The summed E-state index contributed by atoms with van der Waals surface area (Å²) in [7, 11) is 0. The molecule has 26 heavy (non-hydrogen) atoms. The third-order valence-electron chi connectivity index (χ3n) is 4.53. The third-order valence-corrected chi connectivity index (χ3v) is 6.30. The molecule has 0 spiro atoms. The van der Waals surface area contributed by atoms with Crippen LogP contribution in [0.4, 0.5) is 0 Å². The minimum Gasteiger partial charge on any atom is -0.492 e. The van der Waals surface area contributed by atoms with Crippen LogP contribution in [0, 0.1) is 9.49 Å². The molecule has 0 radical (unpaired) electrons. The van der Waals surface area contributed by atoms with Crippen molar-refractivity contribution in [1.29, 1.82) is 0 Å². The van der Waals surface area contributed by atoms with Gasteiger partial charge in [-0.3, -0.25) is 9.20 Å². The van der Waals surface area contributed by atoms with Crippen LogP contribution in [0.3, 0.4) is 0 Å². The second-order valence-corrected chi connectivity index (χ2v) is 8.40. The first-order chi connectivity index (χ1) is 12.7. The number of aromatic nitrogens is 2. The predicted molar refractivity (Wildman–Crippen MR) is 115 cm³/mol. The molecular weight excluding hydrogens is 459 g/mol. The molecule has 134 valence electrons. The molecule has 2 heterocycles. The molecule has 0 amide bonds. The molecule has 0 unspecified atom stereocenters. The summed E-state index contributed by atoms with van der Waals surface area (Å²) < 4.78 is 8.36. The first-order valence-electron chi connectivity index (χ1n) is 8.75. The standard InChI is InChI=1S/C20H19IN2O2S/c1-2-14-4-3-5-15(18(14)25-12-13-6-7-13)8-9-16-17(21)19(24)23-10-11-26-20(23)22-16/h3-5,8-11,13H,2,6-7,12H2,1H3/b9-8+. The van der Waals surface area contributed by atoms with Crippen LogP contribution in [0.25, 0.3) is 17.1 Å². The quantitative estimate of drug-likeness (QED) is 0.475. The van der Waals surface area contributed by atoms with Crippen LogP contribution in [-0.4, -0.2) is 16.0 Å². The number of nitrogens with zero attached hydrogens (tertiary/aromatic N) is 2. The Kier molecular flexibility index (Phi) is 5.13. The van der Waals surface area contributed by atoms with Gasteiger partial charge in [-0.05, 0) is 65.5 Å². The van der Waals surface area contributed by atoms with E-state index in [1.165, 1.54) is 29.7 Å². The van der Waals surface area contributed by atoms with E-state index in [-0.39, 0.29) is 5.56 Å². The number of hydrogen-bond donors (Lipinski definition) is 0. The topological polar surface area (TPSA) is 43.6 Å². The Hall–Kier alpha value is -1.67. The maximum Gasteiger partial charge on any atom is 0.272 e. The van der Waals surface area contributed by atoms with E-state index >= 15 is 0 Å². The van der Waals surface area contributed by atoms with Crippen molar-refractivity contribution >= 4 is 51.0 Å². The van der Waals surface area contributed by atoms with E-state index in [9.17, 15) is 4.79 Å². The van der Waals surface area contributed by atoms with Gasteiger partial charge >= 0.3 is 0 Å². The number of hydrogen-bond acceptors (Lipinski definition) is 4. The summed E-state index contributed by atoms with van der Waals surface area (Å²) in [6.45, 7) is 2.93. The Morgan fingerprint density at radius 2 is 2.23 bits per heavy atom. The van der Waals surface area contributed by atoms with Gasteiger partial charge in [-0.1, -0.05) is 25.1 Å². The second kappa shape index (κ2) is 7.52. The summed E-state index contributed by atoms with van der Waals surface area (Å²) in [5, 5.41) is 1.88. The highest BCUT2D eigenvalue weighted by Crippen LogP contribution is 2.32. The number of thiazole rings is 1. The fraction of sp³-hybridized carbons (Fsp3) is 0.300. The minimum absolute atomic E-state index is 0.0241. The van der Waals surface area contributed by atoms with Crippen LogP contribution in [0.15, 0.2) is 34.6 Å². The molecule has 0 bridgehead atoms. The maximum atomic E-state index is 12.4. The molecule has 1 aliphatic carbocycles. The van der Waals surface area contributed by atoms with E-state index in [0.29, 0.717) is 20.1 Å². The smallest absolute Gasteiger partial charge is 0.272 e. The van der Waals surface area contributed by atoms with Gasteiger partial charge in [0, 0.05) is 17.1 Å². The van der Waals surface area contributed by atoms with E-state index in [0.717, 1.165) is 24.3 Å². The van der Waals surface area contributed by atoms with Crippen molar-refractivity contribution in [1.82, 2.24) is 9.38 Å². The summed E-state index contributed by atoms with van der Waals surface area (Å²) in [5.74, 6) is 1.67. The fourth-order valence-corrected chi connectivity index (χ4v) is 4.10. The Bertz CT molecular complexity index is 1030. The van der Waals surface area contributed by atoms with Gasteiger partial charge in [0.25, 0.3) is 5.56 Å². The Morgan fingerprint density at radius 3 is 3.00 bits per heavy atom. The number of para-hydroxylation sites is 1. The molecule has 2 aromatic heterocycles. The first kappa shape index (κ1) is 17.7. The van der Waals surface area contributed by atoms with Gasteiger partial charge < -0.3 is 4.74 Å². The lowest BCUT2D eigenvalue weighted by Gasteiger charge is -2.13. The number of benzene rings is 1. The normalized spacial score (nSPS) is 14.4. The van der Waals surface area contributed by atoms with E-state index in [2.05, 4.69) is 52.7 Å². The largest absolute Gasteiger partial charge is 0.492 e. The lowest BCUT2D eigenvalue weighted by Crippen LogP contribution is -2.17. The summed E-state index contributed by atoms with van der Waals surface area (Å²) in [5.41, 5.74) is 2.93. The van der Waals surface area contributed by atoms with Crippen LogP contribution in [-0.2, 0) is 6.42 Å². The van der Waals surface area contributed by atoms with E-state index in [1.54, 1.807) is 10.6 Å². The van der Waals surface area contributed by atoms with Gasteiger partial charge in [0.05, 0.1) is 12.3 Å². The molecule has 3 aromatic rings. The number of ether oxygens (including phenoxy) is 1. The van der Waals surface area contributed by atoms with Crippen molar-refractivity contribution < 1.29 is 4.74 Å². The lowest BCUT2D eigenvalue weighted by atomic mass is 10.1. The molecular formula is C20H19IN2O2S. The van der Waals surface area contributed by atoms with Crippen LogP contribution in [0.2, 0.25) is 0 Å². The van der Waals surface area contributed by atoms with Crippen LogP contribution >= 0.6 is 33.9 Å². The van der Waals surface area contributed by atoms with Crippen molar-refractivity contribution in [3.05, 3.63) is 60.5 Å². The zero-order valence-corrected chi connectivity index (χ0v) is 17.4. The molecule has 1 aromatic carbocycles. The van der Waals surface area contributed by atoms with Gasteiger partial charge in [-0.2, -0.15) is 0 Å². The van der Waals surface area contributed by atoms with Gasteiger partial charge in [0.1, 0.15) is 9.32 Å². The summed E-state index contributed by atoms with van der Waals surface area (Å²) in [4.78, 5) is 17.8. The van der Waals surface area contributed by atoms with Crippen molar-refractivity contribution in [3.63, 3.8) is 0 Å². The maximum absolute atomic E-state index is 12.4. The Morgan fingerprint density at radius 1 is 1.38 bits per heavy atom. The van der Waals surface area contributed by atoms with Crippen molar-refractivity contribution in [2.75, 3.05) is 6.61 Å². The van der Waals surface area contributed by atoms with E-state index < -0.39 is 0 Å². The van der Waals surface area contributed by atoms with Crippen molar-refractivity contribution in [2.45, 2.75) is 26.2 Å². The molecule has 4 nitrogen and oxygen atoms in total. The third kappa shape index (κ3) is 3.57. The number of aryl methyl sites for hydroxylation is 1. The zero-order valence-electron chi connectivity index (χ0n) is 14.4. The molecule has 1 saturated carbocycles. The Labute approximate surface area is 169 Å². The molecule has 0 N–H and O–H groups in total. The average Bonchev–Trinajstić information content (AvgIpc) is 3.37. The highest BCUT2D eigenvalue weighted by Gasteiger charge is 2.22. The zero-order chi connectivity index (χ0) is 18.1. The SMILES string of the molecule is CCc1cccc(/C=C/c2nc3sccn3c(=O)c2I)c1OCC1CC1. The van der Waals surface area contributed by atoms with Crippen LogP contribution < -0.4 is 10.3 Å². The number of fused-ring (bicyclic) bond motifs is 1. The molecule has 0 atom stereocenters. The highest BCUT2D eigenvalue weighted by atomic mass is 127. The second-order valence-electron chi connectivity index (χ2n) is 6.45. The van der Waals surface area contributed by atoms with Crippen molar-refractivity contribution in [3.8, 4) is 5.75 Å². The van der Waals surface area contributed by atoms with E-state index in [4.69, 9.17) is 4.74 Å². The lowest BCUT2D eigenvalue weighted by molar-refractivity contribution is 0.296. The molecule has 0 saturated heterocycles. The first-order valence-corrected chi connectivity index (χ1v) is 10.7. The summed E-state index contributed by atoms with van der Waals surface area (Å²) in [6, 6.07) is 6.23. The molecule has 1 fully saturated rings. The Balaban J connectivity index is 1.70. The van der Waals surface area contributed by atoms with Crippen LogP contribution in [0.5, 0.6) is 5.75 Å². The molecule has 4 rings (SSSR count). The predicted octanol–water partition coefficient (Wildman–Crippen LogP) is 4.88. The molecule has 1 aliphatic rings. The van der Waals surface area contributed by atoms with Crippen LogP contribution in [0.1, 0.15) is 36.6 Å².